The Kier molecular flexibility index (Phi) is 3.81. The van der Waals surface area contributed by atoms with E-state index in [2.05, 4.69) is 43.4 Å². The van der Waals surface area contributed by atoms with Gasteiger partial charge in [0.05, 0.1) is 0 Å². The van der Waals surface area contributed by atoms with Crippen LogP contribution in [0.3, 0.4) is 0 Å². The highest BCUT2D eigenvalue weighted by Crippen LogP contribution is 2.18. The van der Waals surface area contributed by atoms with Gasteiger partial charge < -0.3 is 4.90 Å². The Balaban J connectivity index is 2.08. The minimum absolute atomic E-state index is 0.678. The van der Waals surface area contributed by atoms with E-state index in [1.54, 1.807) is 0 Å². The van der Waals surface area contributed by atoms with E-state index in [-0.39, 0.29) is 0 Å². The Bertz CT molecular complexity index is 327. The fourth-order valence-corrected chi connectivity index (χ4v) is 2.15. The third-order valence-corrected chi connectivity index (χ3v) is 2.94. The average molecular weight is 217 g/mol. The summed E-state index contributed by atoms with van der Waals surface area (Å²) in [6.07, 6.45) is 5.83. The van der Waals surface area contributed by atoms with Crippen molar-refractivity contribution in [2.45, 2.75) is 33.1 Å². The topological polar surface area (TPSA) is 16.1 Å². The van der Waals surface area contributed by atoms with E-state index in [1.165, 1.54) is 18.5 Å². The predicted octanol–water partition coefficient (Wildman–Crippen LogP) is 3.08. The van der Waals surface area contributed by atoms with E-state index in [9.17, 15) is 0 Å². The Labute approximate surface area is 98.7 Å². The van der Waals surface area contributed by atoms with Gasteiger partial charge in [0, 0.05) is 18.8 Å². The molecule has 1 fully saturated rings. The molecule has 0 saturated carbocycles. The molecular weight excluding hydrogens is 196 g/mol. The van der Waals surface area contributed by atoms with E-state index in [0.717, 1.165) is 25.3 Å². The standard InChI is InChI=1S/C14H21N2/c1-12(2)11-13-7-6-8-14(15-13)16-9-4-3-5-10-16/h3,6-8,12H,4-5,9-11H2,1-2H3. The lowest BCUT2D eigenvalue weighted by Crippen LogP contribution is -2.30. The lowest BCUT2D eigenvalue weighted by Gasteiger charge is -2.27. The lowest BCUT2D eigenvalue weighted by atomic mass is 10.1. The SMILES string of the molecule is CC(C)Cc1cccc(N2CC[CH]CC2)n1. The lowest BCUT2D eigenvalue weighted by molar-refractivity contribution is 0.629. The van der Waals surface area contributed by atoms with Gasteiger partial charge in [0.15, 0.2) is 0 Å². The molecular formula is C14H21N2. The van der Waals surface area contributed by atoms with Crippen LogP contribution in [0.4, 0.5) is 5.82 Å². The van der Waals surface area contributed by atoms with Gasteiger partial charge in [0.25, 0.3) is 0 Å². The Morgan fingerprint density at radius 2 is 2.00 bits per heavy atom. The summed E-state index contributed by atoms with van der Waals surface area (Å²) in [5, 5.41) is 0. The fraction of sp³-hybridized carbons (Fsp3) is 0.571. The van der Waals surface area contributed by atoms with E-state index in [4.69, 9.17) is 4.98 Å². The number of hydrogen-bond donors (Lipinski definition) is 0. The predicted molar refractivity (Wildman–Crippen MR) is 68.5 cm³/mol. The van der Waals surface area contributed by atoms with Crippen molar-refractivity contribution in [2.24, 2.45) is 5.92 Å². The molecule has 0 aliphatic carbocycles. The van der Waals surface area contributed by atoms with Crippen molar-refractivity contribution in [2.75, 3.05) is 18.0 Å². The van der Waals surface area contributed by atoms with Crippen LogP contribution < -0.4 is 4.90 Å². The van der Waals surface area contributed by atoms with Crippen LogP contribution >= 0.6 is 0 Å². The maximum atomic E-state index is 4.75. The summed E-state index contributed by atoms with van der Waals surface area (Å²) in [6, 6.07) is 6.41. The first kappa shape index (κ1) is 11.4. The van der Waals surface area contributed by atoms with E-state index in [0.29, 0.717) is 5.92 Å². The highest BCUT2D eigenvalue weighted by Gasteiger charge is 2.12. The van der Waals surface area contributed by atoms with Crippen molar-refractivity contribution >= 4 is 5.82 Å². The van der Waals surface area contributed by atoms with Gasteiger partial charge in [-0.05, 0) is 43.7 Å². The second kappa shape index (κ2) is 5.33. The number of piperidine rings is 1. The van der Waals surface area contributed by atoms with Gasteiger partial charge in [-0.3, -0.25) is 0 Å². The van der Waals surface area contributed by atoms with Crippen molar-refractivity contribution < 1.29 is 0 Å². The number of pyridine rings is 1. The van der Waals surface area contributed by atoms with Crippen molar-refractivity contribution in [3.8, 4) is 0 Å². The van der Waals surface area contributed by atoms with Gasteiger partial charge in [-0.15, -0.1) is 0 Å². The second-order valence-corrected chi connectivity index (χ2v) is 4.94. The van der Waals surface area contributed by atoms with Gasteiger partial charge in [-0.2, -0.15) is 0 Å². The van der Waals surface area contributed by atoms with Crippen LogP contribution in [-0.4, -0.2) is 18.1 Å². The molecule has 0 aromatic carbocycles. The van der Waals surface area contributed by atoms with Crippen LogP contribution in [0.5, 0.6) is 0 Å². The smallest absolute Gasteiger partial charge is 0.128 e. The number of rotatable bonds is 3. The molecule has 0 bridgehead atoms. The summed E-state index contributed by atoms with van der Waals surface area (Å²) in [4.78, 5) is 7.14. The largest absolute Gasteiger partial charge is 0.357 e. The zero-order valence-electron chi connectivity index (χ0n) is 10.3. The Morgan fingerprint density at radius 1 is 1.25 bits per heavy atom. The molecule has 2 nitrogen and oxygen atoms in total. The van der Waals surface area contributed by atoms with Crippen LogP contribution in [0.15, 0.2) is 18.2 Å². The van der Waals surface area contributed by atoms with Crippen LogP contribution in [0.25, 0.3) is 0 Å². The van der Waals surface area contributed by atoms with Crippen molar-refractivity contribution in [3.63, 3.8) is 0 Å². The molecule has 0 atom stereocenters. The Hall–Kier alpha value is -1.05. The first-order valence-corrected chi connectivity index (χ1v) is 6.28. The molecule has 1 radical (unpaired) electrons. The van der Waals surface area contributed by atoms with Gasteiger partial charge in [0.2, 0.25) is 0 Å². The first-order chi connectivity index (χ1) is 7.75. The molecule has 87 valence electrons. The molecule has 0 amide bonds. The van der Waals surface area contributed by atoms with E-state index in [1.807, 2.05) is 0 Å². The number of hydrogen-bond acceptors (Lipinski definition) is 2. The summed E-state index contributed by atoms with van der Waals surface area (Å²) in [5.41, 5.74) is 1.22. The van der Waals surface area contributed by atoms with Crippen molar-refractivity contribution in [1.29, 1.82) is 0 Å². The van der Waals surface area contributed by atoms with E-state index >= 15 is 0 Å². The molecule has 0 spiro atoms. The van der Waals surface area contributed by atoms with Crippen LogP contribution in [0.1, 0.15) is 32.4 Å². The number of anilines is 1. The second-order valence-electron chi connectivity index (χ2n) is 4.94. The monoisotopic (exact) mass is 217 g/mol. The summed E-state index contributed by atoms with van der Waals surface area (Å²) in [6.45, 7) is 6.73. The summed E-state index contributed by atoms with van der Waals surface area (Å²) < 4.78 is 0. The average Bonchev–Trinajstić information content (AvgIpc) is 2.30. The fourth-order valence-electron chi connectivity index (χ4n) is 2.15. The molecule has 2 rings (SSSR count). The number of aromatic nitrogens is 1. The number of nitrogens with zero attached hydrogens (tertiary/aromatic N) is 2. The summed E-state index contributed by atoms with van der Waals surface area (Å²) >= 11 is 0. The minimum Gasteiger partial charge on any atom is -0.357 e. The molecule has 16 heavy (non-hydrogen) atoms. The van der Waals surface area contributed by atoms with Crippen molar-refractivity contribution in [3.05, 3.63) is 30.3 Å². The van der Waals surface area contributed by atoms with Gasteiger partial charge in [-0.25, -0.2) is 4.98 Å². The zero-order valence-corrected chi connectivity index (χ0v) is 10.3. The molecule has 0 N–H and O–H groups in total. The summed E-state index contributed by atoms with van der Waals surface area (Å²) in [7, 11) is 0. The molecule has 1 aromatic rings. The third-order valence-electron chi connectivity index (χ3n) is 2.94. The quantitative estimate of drug-likeness (QED) is 0.773. The molecule has 2 heterocycles. The zero-order chi connectivity index (χ0) is 11.4. The van der Waals surface area contributed by atoms with Crippen LogP contribution in [-0.2, 0) is 6.42 Å². The molecule has 1 aliphatic heterocycles. The van der Waals surface area contributed by atoms with Crippen LogP contribution in [0.2, 0.25) is 0 Å². The maximum Gasteiger partial charge on any atom is 0.128 e. The molecule has 1 aliphatic rings. The third kappa shape index (κ3) is 2.97. The normalized spacial score (nSPS) is 16.8. The van der Waals surface area contributed by atoms with Crippen LogP contribution in [0, 0.1) is 12.3 Å². The minimum atomic E-state index is 0.678. The Morgan fingerprint density at radius 3 is 2.69 bits per heavy atom. The first-order valence-electron chi connectivity index (χ1n) is 6.28. The molecule has 1 aromatic heterocycles. The highest BCUT2D eigenvalue weighted by atomic mass is 15.2. The molecule has 1 saturated heterocycles. The molecule has 2 heteroatoms. The maximum absolute atomic E-state index is 4.75. The van der Waals surface area contributed by atoms with Gasteiger partial charge in [0.1, 0.15) is 5.82 Å². The summed E-state index contributed by atoms with van der Waals surface area (Å²) in [5.74, 6) is 1.84. The van der Waals surface area contributed by atoms with Gasteiger partial charge >= 0.3 is 0 Å². The van der Waals surface area contributed by atoms with Gasteiger partial charge in [-0.1, -0.05) is 19.9 Å². The highest BCUT2D eigenvalue weighted by molar-refractivity contribution is 5.40. The molecule has 0 unspecified atom stereocenters. The van der Waals surface area contributed by atoms with Crippen molar-refractivity contribution in [1.82, 2.24) is 4.98 Å². The van der Waals surface area contributed by atoms with E-state index < -0.39 is 0 Å².